The molecule has 0 saturated carbocycles. The second kappa shape index (κ2) is 13.6. The van der Waals surface area contributed by atoms with E-state index in [-0.39, 0.29) is 35.9 Å². The van der Waals surface area contributed by atoms with Crippen LogP contribution < -0.4 is 24.8 Å². The summed E-state index contributed by atoms with van der Waals surface area (Å²) in [5.74, 6) is 0.0124. The van der Waals surface area contributed by atoms with Gasteiger partial charge < -0.3 is 24.8 Å². The van der Waals surface area contributed by atoms with Crippen LogP contribution in [0.25, 0.3) is 0 Å². The van der Waals surface area contributed by atoms with E-state index in [4.69, 9.17) is 14.2 Å². The van der Waals surface area contributed by atoms with Crippen molar-refractivity contribution in [2.45, 2.75) is 50.1 Å². The standard InChI is InChI=1S/C28H37N3O8S/c1-18(2)15-23(30-27(33)19-8-13-25(38-4)26(16-19)39-5)28(34)29-22-7-6-14-31(17-24(22)32)40(35,36)21-11-9-20(37-3)10-12-21/h8-13,16,18,22-23H,6-7,14-15,17H2,1-5H3,(H,29,34)(H,30,33). The number of nitrogens with one attached hydrogen (secondary N) is 2. The van der Waals surface area contributed by atoms with Crippen molar-refractivity contribution in [2.24, 2.45) is 5.92 Å². The Morgan fingerprint density at radius 1 is 1.00 bits per heavy atom. The molecular weight excluding hydrogens is 538 g/mol. The lowest BCUT2D eigenvalue weighted by atomic mass is 10.0. The number of ether oxygens (including phenoxy) is 3. The highest BCUT2D eigenvalue weighted by atomic mass is 32.2. The highest BCUT2D eigenvalue weighted by Crippen LogP contribution is 2.27. The van der Waals surface area contributed by atoms with Crippen molar-refractivity contribution in [3.63, 3.8) is 0 Å². The SMILES string of the molecule is COc1ccc(S(=O)(=O)N2CCCC(NC(=O)C(CC(C)C)NC(=O)c3ccc(OC)c(OC)c3)C(=O)C2)cc1. The number of carbonyl (C=O) groups excluding carboxylic acids is 3. The third-order valence-electron chi connectivity index (χ3n) is 6.61. The van der Waals surface area contributed by atoms with Gasteiger partial charge in [0.2, 0.25) is 15.9 Å². The molecule has 1 aliphatic heterocycles. The van der Waals surface area contributed by atoms with Gasteiger partial charge in [0.1, 0.15) is 11.8 Å². The Kier molecular flexibility index (Phi) is 10.5. The smallest absolute Gasteiger partial charge is 0.252 e. The van der Waals surface area contributed by atoms with Crippen molar-refractivity contribution in [1.29, 1.82) is 0 Å². The Morgan fingerprint density at radius 3 is 2.27 bits per heavy atom. The number of hydrogen-bond acceptors (Lipinski definition) is 8. The number of methoxy groups -OCH3 is 3. The first-order valence-corrected chi connectivity index (χ1v) is 14.4. The van der Waals surface area contributed by atoms with Gasteiger partial charge in [0.05, 0.1) is 38.8 Å². The lowest BCUT2D eigenvalue weighted by Crippen LogP contribution is -2.52. The summed E-state index contributed by atoms with van der Waals surface area (Å²) in [5, 5.41) is 5.51. The molecule has 3 rings (SSSR count). The number of amides is 2. The van der Waals surface area contributed by atoms with Crippen molar-refractivity contribution < 1.29 is 37.0 Å². The Labute approximate surface area is 235 Å². The number of carbonyl (C=O) groups is 3. The minimum Gasteiger partial charge on any atom is -0.497 e. The summed E-state index contributed by atoms with van der Waals surface area (Å²) in [6, 6.07) is 8.84. The molecule has 1 saturated heterocycles. The van der Waals surface area contributed by atoms with E-state index in [1.165, 1.54) is 39.5 Å². The quantitative estimate of drug-likeness (QED) is 0.416. The fourth-order valence-corrected chi connectivity index (χ4v) is 5.89. The minimum atomic E-state index is -3.92. The van der Waals surface area contributed by atoms with Gasteiger partial charge in [-0.2, -0.15) is 4.31 Å². The predicted octanol–water partition coefficient (Wildman–Crippen LogP) is 2.40. The highest BCUT2D eigenvalue weighted by molar-refractivity contribution is 7.89. The second-order valence-corrected chi connectivity index (χ2v) is 11.8. The summed E-state index contributed by atoms with van der Waals surface area (Å²) in [6.07, 6.45) is 0.986. The third kappa shape index (κ3) is 7.51. The molecule has 2 aromatic carbocycles. The van der Waals surface area contributed by atoms with Crippen molar-refractivity contribution >= 4 is 27.6 Å². The molecule has 1 heterocycles. The zero-order valence-electron chi connectivity index (χ0n) is 23.4. The van der Waals surface area contributed by atoms with Gasteiger partial charge in [0, 0.05) is 12.1 Å². The lowest BCUT2D eigenvalue weighted by molar-refractivity contribution is -0.129. The maximum absolute atomic E-state index is 13.3. The van der Waals surface area contributed by atoms with E-state index >= 15 is 0 Å². The zero-order valence-corrected chi connectivity index (χ0v) is 24.2. The van der Waals surface area contributed by atoms with Gasteiger partial charge in [-0.1, -0.05) is 13.8 Å². The topological polar surface area (TPSA) is 140 Å². The summed E-state index contributed by atoms with van der Waals surface area (Å²) in [6.45, 7) is 3.60. The number of benzene rings is 2. The van der Waals surface area contributed by atoms with E-state index < -0.39 is 39.7 Å². The summed E-state index contributed by atoms with van der Waals surface area (Å²) in [7, 11) is 0.517. The van der Waals surface area contributed by atoms with Gasteiger partial charge in [-0.05, 0) is 67.6 Å². The average Bonchev–Trinajstić information content (AvgIpc) is 3.13. The first-order valence-electron chi connectivity index (χ1n) is 13.0. The van der Waals surface area contributed by atoms with Crippen LogP contribution in [0.5, 0.6) is 17.2 Å². The van der Waals surface area contributed by atoms with Gasteiger partial charge in [0.15, 0.2) is 17.3 Å². The Hall–Kier alpha value is -3.64. The monoisotopic (exact) mass is 575 g/mol. The van der Waals surface area contributed by atoms with Crippen molar-refractivity contribution in [3.05, 3.63) is 48.0 Å². The van der Waals surface area contributed by atoms with Gasteiger partial charge >= 0.3 is 0 Å². The summed E-state index contributed by atoms with van der Waals surface area (Å²) in [4.78, 5) is 39.5. The average molecular weight is 576 g/mol. The molecule has 11 nitrogen and oxygen atoms in total. The first-order chi connectivity index (χ1) is 19.0. The minimum absolute atomic E-state index is 0.0541. The fraction of sp³-hybridized carbons (Fsp3) is 0.464. The maximum Gasteiger partial charge on any atom is 0.252 e. The molecule has 1 aliphatic rings. The van der Waals surface area contributed by atoms with E-state index in [2.05, 4.69) is 10.6 Å². The van der Waals surface area contributed by atoms with E-state index in [9.17, 15) is 22.8 Å². The van der Waals surface area contributed by atoms with Crippen LogP contribution in [0.3, 0.4) is 0 Å². The predicted molar refractivity (Wildman–Crippen MR) is 148 cm³/mol. The number of sulfonamides is 1. The molecule has 0 aliphatic carbocycles. The van der Waals surface area contributed by atoms with Gasteiger partial charge in [-0.25, -0.2) is 8.42 Å². The molecule has 0 aromatic heterocycles. The fourth-order valence-electron chi connectivity index (χ4n) is 4.44. The maximum atomic E-state index is 13.3. The number of ketones is 1. The van der Waals surface area contributed by atoms with Crippen LogP contribution in [0.15, 0.2) is 47.4 Å². The third-order valence-corrected chi connectivity index (χ3v) is 8.47. The molecule has 218 valence electrons. The normalized spacial score (nSPS) is 17.1. The number of Topliss-reactive ketones (excluding diaryl/α,β-unsaturated/α-hetero) is 1. The van der Waals surface area contributed by atoms with E-state index in [1.54, 1.807) is 24.3 Å². The van der Waals surface area contributed by atoms with E-state index in [0.717, 1.165) is 4.31 Å². The number of rotatable bonds is 11. The van der Waals surface area contributed by atoms with Crippen LogP contribution in [0.2, 0.25) is 0 Å². The molecule has 2 atom stereocenters. The van der Waals surface area contributed by atoms with Crippen LogP contribution in [0, 0.1) is 5.92 Å². The molecule has 2 amide bonds. The lowest BCUT2D eigenvalue weighted by Gasteiger charge is -2.24. The molecule has 12 heteroatoms. The van der Waals surface area contributed by atoms with Crippen LogP contribution in [0.1, 0.15) is 43.5 Å². The Morgan fingerprint density at radius 2 is 1.68 bits per heavy atom. The molecule has 40 heavy (non-hydrogen) atoms. The molecular formula is C28H37N3O8S. The summed E-state index contributed by atoms with van der Waals surface area (Å²) < 4.78 is 43.0. The zero-order chi connectivity index (χ0) is 29.4. The van der Waals surface area contributed by atoms with E-state index in [0.29, 0.717) is 30.1 Å². The summed E-state index contributed by atoms with van der Waals surface area (Å²) >= 11 is 0. The Bertz CT molecular complexity index is 1310. The van der Waals surface area contributed by atoms with Gasteiger partial charge in [-0.3, -0.25) is 14.4 Å². The molecule has 0 bridgehead atoms. The van der Waals surface area contributed by atoms with Crippen LogP contribution in [-0.2, 0) is 19.6 Å². The molecule has 1 fully saturated rings. The largest absolute Gasteiger partial charge is 0.497 e. The molecule has 2 N–H and O–H groups in total. The number of nitrogens with zero attached hydrogens (tertiary/aromatic N) is 1. The van der Waals surface area contributed by atoms with E-state index in [1.807, 2.05) is 13.8 Å². The van der Waals surface area contributed by atoms with Gasteiger partial charge in [0.25, 0.3) is 5.91 Å². The molecule has 0 spiro atoms. The molecule has 2 aromatic rings. The summed E-state index contributed by atoms with van der Waals surface area (Å²) in [5.41, 5.74) is 0.282. The van der Waals surface area contributed by atoms with Gasteiger partial charge in [-0.15, -0.1) is 0 Å². The highest BCUT2D eigenvalue weighted by Gasteiger charge is 2.34. The molecule has 0 radical (unpaired) electrons. The van der Waals surface area contributed by atoms with Crippen LogP contribution >= 0.6 is 0 Å². The molecule has 2 unspecified atom stereocenters. The first kappa shape index (κ1) is 30.9. The van der Waals surface area contributed by atoms with Crippen LogP contribution in [0.4, 0.5) is 0 Å². The van der Waals surface area contributed by atoms with Crippen LogP contribution in [-0.4, -0.2) is 76.8 Å². The van der Waals surface area contributed by atoms with Crippen molar-refractivity contribution in [1.82, 2.24) is 14.9 Å². The number of hydrogen-bond donors (Lipinski definition) is 2. The van der Waals surface area contributed by atoms with Crippen molar-refractivity contribution in [2.75, 3.05) is 34.4 Å². The Balaban J connectivity index is 1.71. The van der Waals surface area contributed by atoms with Crippen molar-refractivity contribution in [3.8, 4) is 17.2 Å². The second-order valence-electron chi connectivity index (χ2n) is 9.91.